The third-order valence-electron chi connectivity index (χ3n) is 2.99. The van der Waals surface area contributed by atoms with E-state index in [0.29, 0.717) is 0 Å². The zero-order valence-electron chi connectivity index (χ0n) is 11.8. The number of hydrogen-bond donors (Lipinski definition) is 1. The van der Waals surface area contributed by atoms with Crippen LogP contribution in [-0.4, -0.2) is 26.3 Å². The van der Waals surface area contributed by atoms with Crippen LogP contribution in [0.5, 0.6) is 0 Å². The van der Waals surface area contributed by atoms with Crippen LogP contribution in [0, 0.1) is 6.92 Å². The van der Waals surface area contributed by atoms with Crippen LogP contribution in [-0.2, 0) is 6.54 Å². The van der Waals surface area contributed by atoms with Gasteiger partial charge in [0.25, 0.3) is 0 Å². The van der Waals surface area contributed by atoms with E-state index in [2.05, 4.69) is 34.2 Å². The van der Waals surface area contributed by atoms with Crippen LogP contribution in [0.25, 0.3) is 0 Å². The van der Waals surface area contributed by atoms with Crippen LogP contribution in [0.15, 0.2) is 24.7 Å². The highest BCUT2D eigenvalue weighted by molar-refractivity contribution is 5.20. The summed E-state index contributed by atoms with van der Waals surface area (Å²) in [6, 6.07) is 2.09. The van der Waals surface area contributed by atoms with Gasteiger partial charge in [-0.05, 0) is 26.0 Å². The lowest BCUT2D eigenvalue weighted by molar-refractivity contribution is 0.513. The predicted octanol–water partition coefficient (Wildman–Crippen LogP) is 2.09. The molecular weight excluding hydrogens is 238 g/mol. The average molecular weight is 259 g/mol. The SMILES string of the molecule is CCCn1nccc1C(NCC)c1cnc(C)cn1. The predicted molar refractivity (Wildman–Crippen MR) is 74.8 cm³/mol. The minimum Gasteiger partial charge on any atom is -0.304 e. The first kappa shape index (κ1) is 13.7. The molecule has 0 fully saturated rings. The van der Waals surface area contributed by atoms with E-state index in [1.165, 1.54) is 0 Å². The van der Waals surface area contributed by atoms with Crippen molar-refractivity contribution >= 4 is 0 Å². The molecule has 0 aliphatic rings. The second-order valence-electron chi connectivity index (χ2n) is 4.55. The highest BCUT2D eigenvalue weighted by Gasteiger charge is 2.18. The van der Waals surface area contributed by atoms with Crippen LogP contribution >= 0.6 is 0 Å². The first-order valence-corrected chi connectivity index (χ1v) is 6.79. The number of aryl methyl sites for hydroxylation is 2. The number of hydrogen-bond acceptors (Lipinski definition) is 4. The number of aromatic nitrogens is 4. The van der Waals surface area contributed by atoms with Gasteiger partial charge in [-0.1, -0.05) is 13.8 Å². The maximum atomic E-state index is 4.49. The highest BCUT2D eigenvalue weighted by atomic mass is 15.3. The number of nitrogens with zero attached hydrogens (tertiary/aromatic N) is 4. The van der Waals surface area contributed by atoms with Crippen molar-refractivity contribution in [1.82, 2.24) is 25.1 Å². The Labute approximate surface area is 114 Å². The molecule has 2 heterocycles. The Kier molecular flexibility index (Phi) is 4.63. The molecule has 1 atom stereocenters. The van der Waals surface area contributed by atoms with E-state index in [0.717, 1.165) is 36.6 Å². The topological polar surface area (TPSA) is 55.6 Å². The van der Waals surface area contributed by atoms with Gasteiger partial charge in [-0.2, -0.15) is 5.10 Å². The normalized spacial score (nSPS) is 12.6. The summed E-state index contributed by atoms with van der Waals surface area (Å²) in [6.07, 6.45) is 6.55. The van der Waals surface area contributed by atoms with Gasteiger partial charge in [0, 0.05) is 18.9 Å². The van der Waals surface area contributed by atoms with Crippen molar-refractivity contribution in [2.24, 2.45) is 0 Å². The van der Waals surface area contributed by atoms with Crippen molar-refractivity contribution < 1.29 is 0 Å². The Morgan fingerprint density at radius 1 is 1.26 bits per heavy atom. The highest BCUT2D eigenvalue weighted by Crippen LogP contribution is 2.19. The third-order valence-corrected chi connectivity index (χ3v) is 2.99. The molecule has 102 valence electrons. The summed E-state index contributed by atoms with van der Waals surface area (Å²) in [5, 5.41) is 7.84. The molecule has 19 heavy (non-hydrogen) atoms. The first-order valence-electron chi connectivity index (χ1n) is 6.79. The maximum absolute atomic E-state index is 4.49. The van der Waals surface area contributed by atoms with Gasteiger partial charge in [0.05, 0.1) is 29.3 Å². The van der Waals surface area contributed by atoms with E-state index in [-0.39, 0.29) is 6.04 Å². The van der Waals surface area contributed by atoms with Crippen LogP contribution in [0.1, 0.15) is 43.4 Å². The van der Waals surface area contributed by atoms with Crippen LogP contribution in [0.4, 0.5) is 0 Å². The lowest BCUT2D eigenvalue weighted by atomic mass is 10.1. The summed E-state index contributed by atoms with van der Waals surface area (Å²) in [6.45, 7) is 7.98. The molecule has 0 amide bonds. The van der Waals surface area contributed by atoms with Gasteiger partial charge in [-0.3, -0.25) is 14.6 Å². The second-order valence-corrected chi connectivity index (χ2v) is 4.55. The standard InChI is InChI=1S/C14H21N5/c1-4-8-19-13(6-7-18-19)14(15-5-2)12-10-16-11(3)9-17-12/h6-7,9-10,14-15H,4-5,8H2,1-3H3. The molecule has 5 heteroatoms. The Bertz CT molecular complexity index is 503. The second kappa shape index (κ2) is 6.43. The largest absolute Gasteiger partial charge is 0.304 e. The third kappa shape index (κ3) is 3.17. The molecule has 0 saturated heterocycles. The number of rotatable bonds is 6. The maximum Gasteiger partial charge on any atom is 0.0937 e. The lowest BCUT2D eigenvalue weighted by Crippen LogP contribution is -2.26. The molecule has 5 nitrogen and oxygen atoms in total. The Balaban J connectivity index is 2.33. The molecule has 2 aromatic heterocycles. The molecular formula is C14H21N5. The van der Waals surface area contributed by atoms with Crippen molar-refractivity contribution in [1.29, 1.82) is 0 Å². The Morgan fingerprint density at radius 2 is 2.11 bits per heavy atom. The van der Waals surface area contributed by atoms with E-state index in [4.69, 9.17) is 0 Å². The Hall–Kier alpha value is -1.75. The smallest absolute Gasteiger partial charge is 0.0937 e. The average Bonchev–Trinajstić information content (AvgIpc) is 2.86. The fraction of sp³-hybridized carbons (Fsp3) is 0.500. The van der Waals surface area contributed by atoms with Gasteiger partial charge < -0.3 is 5.32 Å². The van der Waals surface area contributed by atoms with Crippen LogP contribution in [0.2, 0.25) is 0 Å². The Morgan fingerprint density at radius 3 is 2.74 bits per heavy atom. The summed E-state index contributed by atoms with van der Waals surface area (Å²) in [5.74, 6) is 0. The van der Waals surface area contributed by atoms with E-state index in [1.807, 2.05) is 30.1 Å². The van der Waals surface area contributed by atoms with Crippen molar-refractivity contribution in [3.05, 3.63) is 41.7 Å². The zero-order chi connectivity index (χ0) is 13.7. The van der Waals surface area contributed by atoms with Crippen molar-refractivity contribution in [2.75, 3.05) is 6.54 Å². The van der Waals surface area contributed by atoms with Gasteiger partial charge in [0.2, 0.25) is 0 Å². The molecule has 2 rings (SSSR count). The molecule has 0 aliphatic carbocycles. The van der Waals surface area contributed by atoms with Crippen molar-refractivity contribution in [3.63, 3.8) is 0 Å². The molecule has 0 saturated carbocycles. The van der Waals surface area contributed by atoms with E-state index >= 15 is 0 Å². The van der Waals surface area contributed by atoms with Gasteiger partial charge in [0.1, 0.15) is 0 Å². The first-order chi connectivity index (χ1) is 9.26. The summed E-state index contributed by atoms with van der Waals surface area (Å²) >= 11 is 0. The number of nitrogens with one attached hydrogen (secondary N) is 1. The summed E-state index contributed by atoms with van der Waals surface area (Å²) in [4.78, 5) is 8.82. The fourth-order valence-electron chi connectivity index (χ4n) is 2.10. The summed E-state index contributed by atoms with van der Waals surface area (Å²) in [7, 11) is 0. The van der Waals surface area contributed by atoms with Crippen LogP contribution in [0.3, 0.4) is 0 Å². The van der Waals surface area contributed by atoms with E-state index in [1.54, 1.807) is 6.20 Å². The summed E-state index contributed by atoms with van der Waals surface area (Å²) in [5.41, 5.74) is 3.01. The van der Waals surface area contributed by atoms with Gasteiger partial charge in [-0.15, -0.1) is 0 Å². The van der Waals surface area contributed by atoms with Crippen molar-refractivity contribution in [3.8, 4) is 0 Å². The quantitative estimate of drug-likeness (QED) is 0.863. The van der Waals surface area contributed by atoms with Gasteiger partial charge >= 0.3 is 0 Å². The molecule has 2 aromatic rings. The molecule has 1 unspecified atom stereocenters. The molecule has 1 N–H and O–H groups in total. The molecule has 0 aromatic carbocycles. The van der Waals surface area contributed by atoms with Gasteiger partial charge in [-0.25, -0.2) is 0 Å². The van der Waals surface area contributed by atoms with E-state index < -0.39 is 0 Å². The zero-order valence-corrected chi connectivity index (χ0v) is 11.8. The monoisotopic (exact) mass is 259 g/mol. The van der Waals surface area contributed by atoms with Gasteiger partial charge in [0.15, 0.2) is 0 Å². The van der Waals surface area contributed by atoms with E-state index in [9.17, 15) is 0 Å². The summed E-state index contributed by atoms with van der Waals surface area (Å²) < 4.78 is 2.04. The minimum atomic E-state index is 0.0483. The molecule has 0 bridgehead atoms. The molecule has 0 aliphatic heterocycles. The fourth-order valence-corrected chi connectivity index (χ4v) is 2.10. The molecule has 0 radical (unpaired) electrons. The van der Waals surface area contributed by atoms with Crippen LogP contribution < -0.4 is 5.32 Å². The lowest BCUT2D eigenvalue weighted by Gasteiger charge is -2.18. The minimum absolute atomic E-state index is 0.0483. The molecule has 0 spiro atoms. The van der Waals surface area contributed by atoms with Crippen molar-refractivity contribution in [2.45, 2.75) is 39.8 Å².